The number of carbonyl (C=O) groups excluding carboxylic acids is 1. The van der Waals surface area contributed by atoms with E-state index in [9.17, 15) is 4.79 Å². The number of carbonyl (C=O) groups is 1. The minimum atomic E-state index is 0.194. The fraction of sp³-hybridized carbons (Fsp3) is 0.438. The zero-order chi connectivity index (χ0) is 16.2. The van der Waals surface area contributed by atoms with E-state index in [1.807, 2.05) is 34.0 Å². The van der Waals surface area contributed by atoms with Gasteiger partial charge < -0.3 is 9.64 Å². The Labute approximate surface area is 143 Å². The van der Waals surface area contributed by atoms with Gasteiger partial charge in [0.05, 0.1) is 23.8 Å². The van der Waals surface area contributed by atoms with Gasteiger partial charge in [-0.3, -0.25) is 4.79 Å². The molecule has 0 bridgehead atoms. The second kappa shape index (κ2) is 7.12. The van der Waals surface area contributed by atoms with Gasteiger partial charge in [0.2, 0.25) is 5.91 Å². The Kier molecular flexibility index (Phi) is 4.95. The van der Waals surface area contributed by atoms with Gasteiger partial charge in [-0.2, -0.15) is 0 Å². The minimum Gasteiger partial charge on any atom is -0.496 e. The molecular weight excluding hydrogens is 360 g/mol. The summed E-state index contributed by atoms with van der Waals surface area (Å²) in [4.78, 5) is 14.3. The number of nitrogens with zero attached hydrogens (tertiary/aromatic N) is 4. The van der Waals surface area contributed by atoms with Crippen LogP contribution in [0, 0.1) is 0 Å². The number of methoxy groups -OCH3 is 1. The SMILES string of the molecule is COc1ccc(CCC(=O)N2CCC(n3ccnn3)C2)cc1Br. The standard InChI is InChI=1S/C16H19BrN4O2/c1-23-15-4-2-12(10-14(15)17)3-5-16(22)20-8-6-13(11-20)21-9-7-18-19-21/h2,4,7,9-10,13H,3,5-6,8,11H2,1H3. The monoisotopic (exact) mass is 378 g/mol. The highest BCUT2D eigenvalue weighted by molar-refractivity contribution is 9.10. The highest BCUT2D eigenvalue weighted by Gasteiger charge is 2.27. The molecule has 1 aromatic carbocycles. The molecule has 1 amide bonds. The van der Waals surface area contributed by atoms with Crippen LogP contribution in [-0.2, 0) is 11.2 Å². The van der Waals surface area contributed by atoms with E-state index in [0.29, 0.717) is 13.0 Å². The van der Waals surface area contributed by atoms with Crippen molar-refractivity contribution in [2.24, 2.45) is 0 Å². The van der Waals surface area contributed by atoms with E-state index < -0.39 is 0 Å². The van der Waals surface area contributed by atoms with Crippen LogP contribution in [0.2, 0.25) is 0 Å². The number of amides is 1. The second-order valence-electron chi connectivity index (χ2n) is 5.63. The smallest absolute Gasteiger partial charge is 0.222 e. The summed E-state index contributed by atoms with van der Waals surface area (Å²) in [5.74, 6) is 0.995. The lowest BCUT2D eigenvalue weighted by atomic mass is 10.1. The lowest BCUT2D eigenvalue weighted by Crippen LogP contribution is -2.29. The maximum Gasteiger partial charge on any atom is 0.222 e. The largest absolute Gasteiger partial charge is 0.496 e. The van der Waals surface area contributed by atoms with E-state index in [1.165, 1.54) is 0 Å². The number of hydrogen-bond acceptors (Lipinski definition) is 4. The van der Waals surface area contributed by atoms with Crippen molar-refractivity contribution in [3.8, 4) is 5.75 Å². The van der Waals surface area contributed by atoms with Crippen molar-refractivity contribution in [2.45, 2.75) is 25.3 Å². The van der Waals surface area contributed by atoms with Gasteiger partial charge in [-0.15, -0.1) is 5.10 Å². The Bertz CT molecular complexity index is 675. The molecule has 1 aromatic heterocycles. The highest BCUT2D eigenvalue weighted by Crippen LogP contribution is 2.26. The van der Waals surface area contributed by atoms with Gasteiger partial charge in [0.1, 0.15) is 5.75 Å². The van der Waals surface area contributed by atoms with Crippen molar-refractivity contribution in [2.75, 3.05) is 20.2 Å². The number of ether oxygens (including phenoxy) is 1. The van der Waals surface area contributed by atoms with Crippen molar-refractivity contribution in [1.29, 1.82) is 0 Å². The third-order valence-electron chi connectivity index (χ3n) is 4.17. The second-order valence-corrected chi connectivity index (χ2v) is 6.49. The van der Waals surface area contributed by atoms with Crippen LogP contribution in [0.3, 0.4) is 0 Å². The molecule has 1 atom stereocenters. The summed E-state index contributed by atoms with van der Waals surface area (Å²) in [6, 6.07) is 6.17. The first-order chi connectivity index (χ1) is 11.2. The summed E-state index contributed by atoms with van der Waals surface area (Å²) in [5.41, 5.74) is 1.12. The molecule has 0 aliphatic carbocycles. The van der Waals surface area contributed by atoms with Crippen LogP contribution >= 0.6 is 15.9 Å². The fourth-order valence-electron chi connectivity index (χ4n) is 2.87. The third kappa shape index (κ3) is 3.72. The first kappa shape index (κ1) is 16.0. The lowest BCUT2D eigenvalue weighted by Gasteiger charge is -2.16. The van der Waals surface area contributed by atoms with Gasteiger partial charge in [-0.25, -0.2) is 4.68 Å². The summed E-state index contributed by atoms with van der Waals surface area (Å²) in [7, 11) is 1.64. The predicted molar refractivity (Wildman–Crippen MR) is 89.3 cm³/mol. The molecule has 1 aliphatic heterocycles. The van der Waals surface area contributed by atoms with E-state index in [-0.39, 0.29) is 11.9 Å². The molecule has 3 rings (SSSR count). The molecule has 6 nitrogen and oxygen atoms in total. The molecule has 2 heterocycles. The molecule has 1 unspecified atom stereocenters. The topological polar surface area (TPSA) is 60.2 Å². The number of benzene rings is 1. The zero-order valence-electron chi connectivity index (χ0n) is 13.0. The van der Waals surface area contributed by atoms with Crippen LogP contribution in [0.1, 0.15) is 24.4 Å². The van der Waals surface area contributed by atoms with Crippen LogP contribution in [-0.4, -0.2) is 46.0 Å². The van der Waals surface area contributed by atoms with Gasteiger partial charge in [0.15, 0.2) is 0 Å². The molecular formula is C16H19BrN4O2. The van der Waals surface area contributed by atoms with Crippen molar-refractivity contribution in [1.82, 2.24) is 19.9 Å². The van der Waals surface area contributed by atoms with Gasteiger partial charge in [0.25, 0.3) is 0 Å². The summed E-state index contributed by atoms with van der Waals surface area (Å²) in [6.07, 6.45) is 5.71. The molecule has 0 saturated carbocycles. The molecule has 122 valence electrons. The Morgan fingerprint density at radius 3 is 3.04 bits per heavy atom. The van der Waals surface area contributed by atoms with Crippen LogP contribution in [0.15, 0.2) is 35.1 Å². The van der Waals surface area contributed by atoms with E-state index >= 15 is 0 Å². The van der Waals surface area contributed by atoms with Crippen LogP contribution in [0.4, 0.5) is 0 Å². The van der Waals surface area contributed by atoms with E-state index in [1.54, 1.807) is 13.3 Å². The van der Waals surface area contributed by atoms with Crippen LogP contribution in [0.25, 0.3) is 0 Å². The number of likely N-dealkylation sites (tertiary alicyclic amines) is 1. The van der Waals surface area contributed by atoms with E-state index in [0.717, 1.165) is 35.2 Å². The van der Waals surface area contributed by atoms with Crippen LogP contribution in [0.5, 0.6) is 5.75 Å². The Hall–Kier alpha value is -1.89. The third-order valence-corrected chi connectivity index (χ3v) is 4.79. The normalized spacial score (nSPS) is 17.5. The Morgan fingerprint density at radius 1 is 1.48 bits per heavy atom. The maximum absolute atomic E-state index is 12.4. The van der Waals surface area contributed by atoms with Gasteiger partial charge >= 0.3 is 0 Å². The molecule has 1 aliphatic rings. The minimum absolute atomic E-state index is 0.194. The maximum atomic E-state index is 12.4. The Balaban J connectivity index is 1.53. The van der Waals surface area contributed by atoms with E-state index in [4.69, 9.17) is 4.74 Å². The first-order valence-corrected chi connectivity index (χ1v) is 8.42. The lowest BCUT2D eigenvalue weighted by molar-refractivity contribution is -0.130. The summed E-state index contributed by atoms with van der Waals surface area (Å²) < 4.78 is 7.97. The molecule has 1 fully saturated rings. The molecule has 0 spiro atoms. The van der Waals surface area contributed by atoms with Gasteiger partial charge in [0, 0.05) is 25.7 Å². The quantitative estimate of drug-likeness (QED) is 0.801. The fourth-order valence-corrected chi connectivity index (χ4v) is 3.46. The Morgan fingerprint density at radius 2 is 2.35 bits per heavy atom. The van der Waals surface area contributed by atoms with Crippen molar-refractivity contribution in [3.63, 3.8) is 0 Å². The molecule has 0 radical (unpaired) electrons. The number of hydrogen-bond donors (Lipinski definition) is 0. The molecule has 7 heteroatoms. The number of aromatic nitrogens is 3. The van der Waals surface area contributed by atoms with Crippen molar-refractivity contribution in [3.05, 3.63) is 40.6 Å². The van der Waals surface area contributed by atoms with Crippen molar-refractivity contribution >= 4 is 21.8 Å². The average Bonchev–Trinajstić information content (AvgIpc) is 3.23. The predicted octanol–water partition coefficient (Wildman–Crippen LogP) is 2.46. The summed E-state index contributed by atoms with van der Waals surface area (Å²) >= 11 is 3.47. The average molecular weight is 379 g/mol. The molecule has 1 saturated heterocycles. The van der Waals surface area contributed by atoms with Gasteiger partial charge in [-0.05, 0) is 46.5 Å². The molecule has 0 N–H and O–H groups in total. The summed E-state index contributed by atoms with van der Waals surface area (Å²) in [6.45, 7) is 1.50. The first-order valence-electron chi connectivity index (χ1n) is 7.63. The number of aryl methyl sites for hydroxylation is 1. The molecule has 23 heavy (non-hydrogen) atoms. The van der Waals surface area contributed by atoms with Crippen molar-refractivity contribution < 1.29 is 9.53 Å². The number of halogens is 1. The highest BCUT2D eigenvalue weighted by atomic mass is 79.9. The molecule has 2 aromatic rings. The van der Waals surface area contributed by atoms with Crippen LogP contribution < -0.4 is 4.74 Å². The van der Waals surface area contributed by atoms with E-state index in [2.05, 4.69) is 26.2 Å². The summed E-state index contributed by atoms with van der Waals surface area (Å²) in [5, 5.41) is 7.85. The number of rotatable bonds is 5. The zero-order valence-corrected chi connectivity index (χ0v) is 14.6. The van der Waals surface area contributed by atoms with Gasteiger partial charge in [-0.1, -0.05) is 11.3 Å².